The first-order valence-electron chi connectivity index (χ1n) is 8.90. The number of ketones is 1. The van der Waals surface area contributed by atoms with E-state index in [0.29, 0.717) is 11.6 Å². The summed E-state index contributed by atoms with van der Waals surface area (Å²) in [5.74, 6) is -3.61. The van der Waals surface area contributed by atoms with Gasteiger partial charge in [-0.15, -0.1) is 0 Å². The number of aromatic amines is 1. The number of hydrogen-bond donors (Lipinski definition) is 2. The van der Waals surface area contributed by atoms with Crippen LogP contribution in [0.3, 0.4) is 0 Å². The van der Waals surface area contributed by atoms with Crippen molar-refractivity contribution < 1.29 is 27.9 Å². The predicted octanol–water partition coefficient (Wildman–Crippen LogP) is 3.38. The molecule has 0 fully saturated rings. The zero-order valence-corrected chi connectivity index (χ0v) is 15.5. The highest BCUT2D eigenvalue weighted by Gasteiger charge is 2.22. The van der Waals surface area contributed by atoms with Gasteiger partial charge in [0, 0.05) is 35.3 Å². The lowest BCUT2D eigenvalue weighted by atomic mass is 10.1. The van der Waals surface area contributed by atoms with E-state index >= 15 is 0 Å². The van der Waals surface area contributed by atoms with Crippen LogP contribution in [0.2, 0.25) is 0 Å². The van der Waals surface area contributed by atoms with Gasteiger partial charge in [-0.1, -0.05) is 18.2 Å². The smallest absolute Gasteiger partial charge is 0.308 e. The average molecular weight is 400 g/mol. The van der Waals surface area contributed by atoms with Gasteiger partial charge in [-0.2, -0.15) is 0 Å². The van der Waals surface area contributed by atoms with Gasteiger partial charge in [-0.3, -0.25) is 14.4 Å². The van der Waals surface area contributed by atoms with Crippen LogP contribution in [-0.4, -0.2) is 35.3 Å². The maximum atomic E-state index is 13.6. The first kappa shape index (κ1) is 20.2. The molecule has 3 aromatic rings. The number of hydrogen-bond acceptors (Lipinski definition) is 4. The fourth-order valence-electron chi connectivity index (χ4n) is 2.85. The number of Topliss-reactive ketones (excluding diaryl/α,β-unsaturated/α-hetero) is 1. The molecule has 29 heavy (non-hydrogen) atoms. The van der Waals surface area contributed by atoms with Crippen LogP contribution in [0.1, 0.15) is 34.1 Å². The summed E-state index contributed by atoms with van der Waals surface area (Å²) in [5.41, 5.74) is 0.883. The van der Waals surface area contributed by atoms with Gasteiger partial charge < -0.3 is 15.0 Å². The van der Waals surface area contributed by atoms with Crippen molar-refractivity contribution >= 4 is 28.6 Å². The van der Waals surface area contributed by atoms with Crippen molar-refractivity contribution in [2.45, 2.75) is 19.4 Å². The lowest BCUT2D eigenvalue weighted by Crippen LogP contribution is -2.29. The molecule has 0 bridgehead atoms. The molecule has 1 amide bonds. The number of halogens is 2. The Morgan fingerprint density at radius 2 is 1.86 bits per heavy atom. The molecule has 1 heterocycles. The van der Waals surface area contributed by atoms with Crippen LogP contribution in [0.4, 0.5) is 8.78 Å². The number of H-pyrrole nitrogens is 1. The molecule has 8 heteroatoms. The third-order valence-corrected chi connectivity index (χ3v) is 4.32. The molecule has 2 aromatic carbocycles. The van der Waals surface area contributed by atoms with Gasteiger partial charge in [0.05, 0.1) is 12.0 Å². The number of ether oxygens (including phenoxy) is 1. The van der Waals surface area contributed by atoms with Crippen LogP contribution >= 0.6 is 0 Å². The van der Waals surface area contributed by atoms with Gasteiger partial charge in [-0.25, -0.2) is 8.78 Å². The van der Waals surface area contributed by atoms with E-state index in [1.54, 1.807) is 18.3 Å². The summed E-state index contributed by atoms with van der Waals surface area (Å²) >= 11 is 0. The number of rotatable bonds is 7. The maximum absolute atomic E-state index is 13.6. The zero-order chi connectivity index (χ0) is 21.0. The molecule has 0 aliphatic carbocycles. The minimum absolute atomic E-state index is 0.123. The Balaban J connectivity index is 1.51. The minimum atomic E-state index is -1.01. The topological polar surface area (TPSA) is 88.3 Å². The van der Waals surface area contributed by atoms with Crippen LogP contribution in [0.15, 0.2) is 48.7 Å². The first-order chi connectivity index (χ1) is 13.9. The quantitative estimate of drug-likeness (QED) is 0.470. The average Bonchev–Trinajstić information content (AvgIpc) is 3.11. The lowest BCUT2D eigenvalue weighted by molar-refractivity contribution is -0.146. The van der Waals surface area contributed by atoms with Crippen molar-refractivity contribution in [3.8, 4) is 0 Å². The number of esters is 1. The molecule has 1 atom stereocenters. The van der Waals surface area contributed by atoms with Crippen LogP contribution in [0.5, 0.6) is 0 Å². The first-order valence-corrected chi connectivity index (χ1v) is 8.90. The third kappa shape index (κ3) is 4.66. The van der Waals surface area contributed by atoms with Crippen molar-refractivity contribution in [2.75, 3.05) is 6.54 Å². The standard InChI is InChI=1S/C21H18F2N2O4/c1-12(20(27)16-11-25-18-5-3-2-4-14(16)18)29-19(26)8-9-24-21(28)15-7-6-13(22)10-17(15)23/h2-7,10-12,25H,8-9H2,1H3,(H,24,28)/t12-/m0/s1. The SMILES string of the molecule is C[C@H](OC(=O)CCNC(=O)c1ccc(F)cc1F)C(=O)c1c[nH]c2ccccc12. The van der Waals surface area contributed by atoms with E-state index in [0.717, 1.165) is 23.0 Å². The Bertz CT molecular complexity index is 1080. The molecular weight excluding hydrogens is 382 g/mol. The lowest BCUT2D eigenvalue weighted by Gasteiger charge is -2.12. The van der Waals surface area contributed by atoms with E-state index in [-0.39, 0.29) is 24.3 Å². The van der Waals surface area contributed by atoms with Crippen LogP contribution in [0, 0.1) is 11.6 Å². The van der Waals surface area contributed by atoms with Gasteiger partial charge >= 0.3 is 5.97 Å². The van der Waals surface area contributed by atoms with Crippen LogP contribution < -0.4 is 5.32 Å². The number of nitrogens with one attached hydrogen (secondary N) is 2. The van der Waals surface area contributed by atoms with Gasteiger partial charge in [0.15, 0.2) is 6.10 Å². The normalized spacial score (nSPS) is 11.8. The molecule has 2 N–H and O–H groups in total. The molecule has 1 aromatic heterocycles. The van der Waals surface area contributed by atoms with Gasteiger partial charge in [0.2, 0.25) is 5.78 Å². The minimum Gasteiger partial charge on any atom is -0.454 e. The zero-order valence-electron chi connectivity index (χ0n) is 15.5. The number of amides is 1. The Morgan fingerprint density at radius 3 is 2.62 bits per heavy atom. The molecule has 6 nitrogen and oxygen atoms in total. The Labute approximate surface area is 164 Å². The molecule has 0 saturated carbocycles. The molecule has 3 rings (SSSR count). The number of aromatic nitrogens is 1. The van der Waals surface area contributed by atoms with E-state index in [9.17, 15) is 23.2 Å². The predicted molar refractivity (Wildman–Crippen MR) is 101 cm³/mol. The number of fused-ring (bicyclic) bond motifs is 1. The monoisotopic (exact) mass is 400 g/mol. The Hall–Kier alpha value is -3.55. The van der Waals surface area contributed by atoms with Gasteiger partial charge in [0.1, 0.15) is 11.6 Å². The second-order valence-electron chi connectivity index (χ2n) is 6.37. The summed E-state index contributed by atoms with van der Waals surface area (Å²) in [7, 11) is 0. The van der Waals surface area contributed by atoms with E-state index in [4.69, 9.17) is 4.74 Å². The highest BCUT2D eigenvalue weighted by atomic mass is 19.1. The Kier molecular flexibility index (Phi) is 6.01. The number of carbonyl (C=O) groups excluding carboxylic acids is 3. The highest BCUT2D eigenvalue weighted by Crippen LogP contribution is 2.20. The summed E-state index contributed by atoms with van der Waals surface area (Å²) in [6.45, 7) is 1.34. The molecule has 0 aliphatic rings. The summed E-state index contributed by atoms with van der Waals surface area (Å²) in [6.07, 6.45) is 0.349. The maximum Gasteiger partial charge on any atom is 0.308 e. The van der Waals surface area contributed by atoms with E-state index in [1.165, 1.54) is 6.92 Å². The van der Waals surface area contributed by atoms with Crippen molar-refractivity contribution in [1.82, 2.24) is 10.3 Å². The number of benzene rings is 2. The Morgan fingerprint density at radius 1 is 1.10 bits per heavy atom. The number of para-hydroxylation sites is 1. The molecule has 0 spiro atoms. The molecule has 150 valence electrons. The van der Waals surface area contributed by atoms with E-state index in [2.05, 4.69) is 10.3 Å². The fourth-order valence-corrected chi connectivity index (χ4v) is 2.85. The fraction of sp³-hybridized carbons (Fsp3) is 0.190. The van der Waals surface area contributed by atoms with Crippen molar-refractivity contribution in [2.24, 2.45) is 0 Å². The summed E-state index contributed by atoms with van der Waals surface area (Å²) in [6, 6.07) is 9.83. The van der Waals surface area contributed by atoms with Crippen LogP contribution in [-0.2, 0) is 9.53 Å². The second kappa shape index (κ2) is 8.64. The highest BCUT2D eigenvalue weighted by molar-refractivity contribution is 6.10. The molecule has 0 radical (unpaired) electrons. The molecular formula is C21H18F2N2O4. The van der Waals surface area contributed by atoms with Crippen molar-refractivity contribution in [3.05, 3.63) is 71.4 Å². The molecule has 0 unspecified atom stereocenters. The summed E-state index contributed by atoms with van der Waals surface area (Å²) in [4.78, 5) is 39.4. The largest absolute Gasteiger partial charge is 0.454 e. The van der Waals surface area contributed by atoms with Crippen molar-refractivity contribution in [3.63, 3.8) is 0 Å². The van der Waals surface area contributed by atoms with Crippen LogP contribution in [0.25, 0.3) is 10.9 Å². The third-order valence-electron chi connectivity index (χ3n) is 4.32. The molecule has 0 saturated heterocycles. The molecule has 0 aliphatic heterocycles. The van der Waals surface area contributed by atoms with Gasteiger partial charge in [0.25, 0.3) is 5.91 Å². The summed E-state index contributed by atoms with van der Waals surface area (Å²) < 4.78 is 31.6. The number of carbonyl (C=O) groups is 3. The van der Waals surface area contributed by atoms with E-state index in [1.807, 2.05) is 12.1 Å². The van der Waals surface area contributed by atoms with Gasteiger partial charge in [-0.05, 0) is 25.1 Å². The van der Waals surface area contributed by atoms with Crippen molar-refractivity contribution in [1.29, 1.82) is 0 Å². The van der Waals surface area contributed by atoms with E-state index < -0.39 is 29.6 Å². The second-order valence-corrected chi connectivity index (χ2v) is 6.37. The summed E-state index contributed by atoms with van der Waals surface area (Å²) in [5, 5.41) is 3.08.